The maximum absolute atomic E-state index is 13.1. The summed E-state index contributed by atoms with van der Waals surface area (Å²) in [6, 6.07) is 15.2. The fourth-order valence-corrected chi connectivity index (χ4v) is 4.60. The van der Waals surface area contributed by atoms with E-state index in [9.17, 15) is 14.4 Å². The standard InChI is InChI=1S/C26H31N3O5/c1-33-21-8-9-22(23(17-21)34-2)26(32)28-14-12-27(13-15-28)25(31)20-16-24(30)29(18-20)11-10-19-6-4-3-5-7-19/h3-9,17,20H,10-16,18H2,1-2H3. The van der Waals surface area contributed by atoms with Gasteiger partial charge in [0.2, 0.25) is 11.8 Å². The van der Waals surface area contributed by atoms with Crippen molar-refractivity contribution in [2.24, 2.45) is 5.92 Å². The number of rotatable bonds is 7. The molecule has 2 aliphatic rings. The van der Waals surface area contributed by atoms with Gasteiger partial charge in [0.25, 0.3) is 5.91 Å². The Bertz CT molecular complexity index is 1030. The Morgan fingerprint density at radius 1 is 0.941 bits per heavy atom. The Balaban J connectivity index is 1.30. The molecular weight excluding hydrogens is 434 g/mol. The fraction of sp³-hybridized carbons (Fsp3) is 0.423. The van der Waals surface area contributed by atoms with Crippen molar-refractivity contribution in [2.75, 3.05) is 53.5 Å². The molecule has 2 aromatic rings. The van der Waals surface area contributed by atoms with E-state index in [0.29, 0.717) is 56.3 Å². The lowest BCUT2D eigenvalue weighted by Crippen LogP contribution is -2.52. The van der Waals surface area contributed by atoms with Gasteiger partial charge in [0, 0.05) is 51.8 Å². The molecule has 1 atom stereocenters. The van der Waals surface area contributed by atoms with Crippen LogP contribution in [0.4, 0.5) is 0 Å². The van der Waals surface area contributed by atoms with Crippen LogP contribution >= 0.6 is 0 Å². The normalized spacial score (nSPS) is 18.2. The number of nitrogens with zero attached hydrogens (tertiary/aromatic N) is 3. The molecule has 8 heteroatoms. The number of amides is 3. The van der Waals surface area contributed by atoms with Gasteiger partial charge in [-0.05, 0) is 24.1 Å². The van der Waals surface area contributed by atoms with Crippen molar-refractivity contribution in [3.8, 4) is 11.5 Å². The zero-order valence-electron chi connectivity index (χ0n) is 19.7. The lowest BCUT2D eigenvalue weighted by molar-refractivity contribution is -0.137. The molecule has 0 aliphatic carbocycles. The zero-order valence-corrected chi connectivity index (χ0v) is 19.7. The maximum Gasteiger partial charge on any atom is 0.257 e. The van der Waals surface area contributed by atoms with Crippen molar-refractivity contribution in [3.05, 3.63) is 59.7 Å². The molecule has 4 rings (SSSR count). The van der Waals surface area contributed by atoms with E-state index in [1.165, 1.54) is 12.7 Å². The average Bonchev–Trinajstić information content (AvgIpc) is 3.27. The van der Waals surface area contributed by atoms with Crippen LogP contribution in [0.25, 0.3) is 0 Å². The van der Waals surface area contributed by atoms with Crippen molar-refractivity contribution in [1.82, 2.24) is 14.7 Å². The number of carbonyl (C=O) groups is 3. The Labute approximate surface area is 200 Å². The van der Waals surface area contributed by atoms with Crippen LogP contribution in [-0.2, 0) is 16.0 Å². The van der Waals surface area contributed by atoms with Gasteiger partial charge in [0.05, 0.1) is 25.7 Å². The van der Waals surface area contributed by atoms with E-state index in [0.717, 1.165) is 6.42 Å². The maximum atomic E-state index is 13.1. The second-order valence-corrected chi connectivity index (χ2v) is 8.66. The van der Waals surface area contributed by atoms with Crippen molar-refractivity contribution in [1.29, 1.82) is 0 Å². The zero-order chi connectivity index (χ0) is 24.1. The van der Waals surface area contributed by atoms with Crippen molar-refractivity contribution < 1.29 is 23.9 Å². The molecule has 3 amide bonds. The SMILES string of the molecule is COc1ccc(C(=O)N2CCN(C(=O)C3CC(=O)N(CCc4ccccc4)C3)CC2)c(OC)c1. The molecule has 0 saturated carbocycles. The summed E-state index contributed by atoms with van der Waals surface area (Å²) in [5, 5.41) is 0. The molecule has 0 spiro atoms. The van der Waals surface area contributed by atoms with Crippen LogP contribution in [0.1, 0.15) is 22.3 Å². The van der Waals surface area contributed by atoms with Crippen molar-refractivity contribution in [2.45, 2.75) is 12.8 Å². The molecule has 0 N–H and O–H groups in total. The Kier molecular flexibility index (Phi) is 7.35. The molecule has 0 radical (unpaired) electrons. The van der Waals surface area contributed by atoms with E-state index in [2.05, 4.69) is 0 Å². The molecule has 2 fully saturated rings. The van der Waals surface area contributed by atoms with Crippen molar-refractivity contribution >= 4 is 17.7 Å². The minimum Gasteiger partial charge on any atom is -0.497 e. The summed E-state index contributed by atoms with van der Waals surface area (Å²) in [5.74, 6) is 0.678. The molecule has 0 bridgehead atoms. The van der Waals surface area contributed by atoms with Crippen LogP contribution in [-0.4, -0.2) is 85.9 Å². The third kappa shape index (κ3) is 5.16. The molecule has 1 unspecified atom stereocenters. The Morgan fingerprint density at radius 3 is 2.32 bits per heavy atom. The first-order valence-electron chi connectivity index (χ1n) is 11.6. The van der Waals surface area contributed by atoms with E-state index in [4.69, 9.17) is 9.47 Å². The second kappa shape index (κ2) is 10.6. The van der Waals surface area contributed by atoms with Crippen molar-refractivity contribution in [3.63, 3.8) is 0 Å². The van der Waals surface area contributed by atoms with Gasteiger partial charge in [0.1, 0.15) is 11.5 Å². The first-order chi connectivity index (χ1) is 16.5. The van der Waals surface area contributed by atoms with E-state index >= 15 is 0 Å². The minimum absolute atomic E-state index is 0.00434. The Hall–Kier alpha value is -3.55. The van der Waals surface area contributed by atoms with Crippen LogP contribution in [0.15, 0.2) is 48.5 Å². The summed E-state index contributed by atoms with van der Waals surface area (Å²) < 4.78 is 10.6. The summed E-state index contributed by atoms with van der Waals surface area (Å²) in [4.78, 5) is 43.9. The third-order valence-corrected chi connectivity index (χ3v) is 6.59. The Morgan fingerprint density at radius 2 is 1.65 bits per heavy atom. The number of hydrogen-bond donors (Lipinski definition) is 0. The van der Waals surface area contributed by atoms with Gasteiger partial charge in [-0.1, -0.05) is 30.3 Å². The average molecular weight is 466 g/mol. The van der Waals surface area contributed by atoms with E-state index in [-0.39, 0.29) is 30.1 Å². The first-order valence-corrected chi connectivity index (χ1v) is 11.6. The van der Waals surface area contributed by atoms with Crippen LogP contribution < -0.4 is 9.47 Å². The molecular formula is C26H31N3O5. The fourth-order valence-electron chi connectivity index (χ4n) is 4.60. The van der Waals surface area contributed by atoms with Gasteiger partial charge >= 0.3 is 0 Å². The lowest BCUT2D eigenvalue weighted by atomic mass is 10.1. The largest absolute Gasteiger partial charge is 0.497 e. The van der Waals surface area contributed by atoms with Gasteiger partial charge in [0.15, 0.2) is 0 Å². The molecule has 180 valence electrons. The highest BCUT2D eigenvalue weighted by Crippen LogP contribution is 2.27. The molecule has 34 heavy (non-hydrogen) atoms. The number of piperazine rings is 1. The van der Waals surface area contributed by atoms with Crippen LogP contribution in [0, 0.1) is 5.92 Å². The predicted octanol–water partition coefficient (Wildman–Crippen LogP) is 2.08. The van der Waals surface area contributed by atoms with Gasteiger partial charge in [-0.25, -0.2) is 0 Å². The molecule has 2 aliphatic heterocycles. The monoisotopic (exact) mass is 465 g/mol. The van der Waals surface area contributed by atoms with E-state index in [1.807, 2.05) is 30.3 Å². The van der Waals surface area contributed by atoms with Gasteiger partial charge in [-0.15, -0.1) is 0 Å². The summed E-state index contributed by atoms with van der Waals surface area (Å²) in [5.41, 5.74) is 1.65. The van der Waals surface area contributed by atoms with Crippen LogP contribution in [0.2, 0.25) is 0 Å². The lowest BCUT2D eigenvalue weighted by Gasteiger charge is -2.36. The van der Waals surface area contributed by atoms with Gasteiger partial charge in [-0.3, -0.25) is 14.4 Å². The second-order valence-electron chi connectivity index (χ2n) is 8.66. The van der Waals surface area contributed by atoms with E-state index < -0.39 is 0 Å². The third-order valence-electron chi connectivity index (χ3n) is 6.59. The summed E-state index contributed by atoms with van der Waals surface area (Å²) >= 11 is 0. The van der Waals surface area contributed by atoms with E-state index in [1.54, 1.807) is 40.0 Å². The number of carbonyl (C=O) groups excluding carboxylic acids is 3. The van der Waals surface area contributed by atoms with Crippen LogP contribution in [0.3, 0.4) is 0 Å². The first kappa shape index (κ1) is 23.6. The summed E-state index contributed by atoms with van der Waals surface area (Å²) in [6.07, 6.45) is 1.04. The molecule has 2 aromatic carbocycles. The summed E-state index contributed by atoms with van der Waals surface area (Å²) in [7, 11) is 3.08. The smallest absolute Gasteiger partial charge is 0.257 e. The van der Waals surface area contributed by atoms with Gasteiger partial charge in [-0.2, -0.15) is 0 Å². The molecule has 2 heterocycles. The summed E-state index contributed by atoms with van der Waals surface area (Å²) in [6.45, 7) is 2.89. The van der Waals surface area contributed by atoms with Crippen LogP contribution in [0.5, 0.6) is 11.5 Å². The number of hydrogen-bond acceptors (Lipinski definition) is 5. The number of benzene rings is 2. The number of methoxy groups -OCH3 is 2. The molecule has 0 aromatic heterocycles. The quantitative estimate of drug-likeness (QED) is 0.626. The number of ether oxygens (including phenoxy) is 2. The highest BCUT2D eigenvalue weighted by atomic mass is 16.5. The minimum atomic E-state index is -0.313. The highest BCUT2D eigenvalue weighted by molar-refractivity contribution is 5.97. The highest BCUT2D eigenvalue weighted by Gasteiger charge is 2.37. The van der Waals surface area contributed by atoms with Gasteiger partial charge < -0.3 is 24.2 Å². The molecule has 8 nitrogen and oxygen atoms in total. The predicted molar refractivity (Wildman–Crippen MR) is 127 cm³/mol. The number of likely N-dealkylation sites (tertiary alicyclic amines) is 1. The topological polar surface area (TPSA) is 79.4 Å². The molecule has 2 saturated heterocycles.